The highest BCUT2D eigenvalue weighted by atomic mass is 16.2. The van der Waals surface area contributed by atoms with Gasteiger partial charge in [0.2, 0.25) is 5.91 Å². The maximum atomic E-state index is 12.5. The lowest BCUT2D eigenvalue weighted by Crippen LogP contribution is -2.55. The number of carbonyl (C=O) groups is 1. The van der Waals surface area contributed by atoms with E-state index in [2.05, 4.69) is 31.0 Å². The van der Waals surface area contributed by atoms with Gasteiger partial charge in [-0.05, 0) is 25.2 Å². The molecule has 1 N–H and O–H groups in total. The fourth-order valence-electron chi connectivity index (χ4n) is 3.33. The Bertz CT molecular complexity index is 279. The molecule has 2 aliphatic rings. The number of rotatable bonds is 2. The van der Waals surface area contributed by atoms with Crippen LogP contribution in [-0.4, -0.2) is 61.0 Å². The number of piperidine rings is 1. The molecule has 3 atom stereocenters. The Labute approximate surface area is 111 Å². The number of nitrogens with one attached hydrogen (secondary N) is 1. The molecule has 104 valence electrons. The standard InChI is InChI=1S/C14H27N3O/c1-11-8-12(2)10-17(9-11)13(3)14(18)16-6-4-15-5-7-16/h11-13,15H,4-10H2,1-3H3. The fraction of sp³-hybridized carbons (Fsp3) is 0.929. The number of nitrogens with zero attached hydrogens (tertiary/aromatic N) is 2. The van der Waals surface area contributed by atoms with Gasteiger partial charge in [-0.25, -0.2) is 0 Å². The van der Waals surface area contributed by atoms with Gasteiger partial charge in [0, 0.05) is 39.3 Å². The van der Waals surface area contributed by atoms with Crippen molar-refractivity contribution in [1.82, 2.24) is 15.1 Å². The molecule has 18 heavy (non-hydrogen) atoms. The van der Waals surface area contributed by atoms with Crippen molar-refractivity contribution in [2.45, 2.75) is 33.2 Å². The van der Waals surface area contributed by atoms with E-state index in [0.717, 1.165) is 39.3 Å². The quantitative estimate of drug-likeness (QED) is 0.790. The van der Waals surface area contributed by atoms with E-state index in [0.29, 0.717) is 17.7 Å². The van der Waals surface area contributed by atoms with Crippen LogP contribution in [0.2, 0.25) is 0 Å². The van der Waals surface area contributed by atoms with Gasteiger partial charge in [0.05, 0.1) is 6.04 Å². The van der Waals surface area contributed by atoms with E-state index in [9.17, 15) is 4.79 Å². The van der Waals surface area contributed by atoms with Crippen LogP contribution in [0.4, 0.5) is 0 Å². The molecule has 0 saturated carbocycles. The summed E-state index contributed by atoms with van der Waals surface area (Å²) in [4.78, 5) is 16.9. The second-order valence-electron chi connectivity index (χ2n) is 6.15. The summed E-state index contributed by atoms with van der Waals surface area (Å²) in [6, 6.07) is 0.0494. The van der Waals surface area contributed by atoms with Gasteiger partial charge in [-0.3, -0.25) is 9.69 Å². The largest absolute Gasteiger partial charge is 0.339 e. The van der Waals surface area contributed by atoms with Crippen molar-refractivity contribution in [3.8, 4) is 0 Å². The van der Waals surface area contributed by atoms with E-state index >= 15 is 0 Å². The molecule has 0 aromatic rings. The molecule has 0 radical (unpaired) electrons. The SMILES string of the molecule is CC1CC(C)CN(C(C)C(=O)N2CCNCC2)C1. The highest BCUT2D eigenvalue weighted by molar-refractivity contribution is 5.81. The van der Waals surface area contributed by atoms with E-state index in [4.69, 9.17) is 0 Å². The van der Waals surface area contributed by atoms with Crippen LogP contribution in [0.15, 0.2) is 0 Å². The molecule has 1 amide bonds. The van der Waals surface area contributed by atoms with Crippen molar-refractivity contribution in [2.24, 2.45) is 11.8 Å². The summed E-state index contributed by atoms with van der Waals surface area (Å²) >= 11 is 0. The lowest BCUT2D eigenvalue weighted by atomic mass is 9.91. The van der Waals surface area contributed by atoms with Gasteiger partial charge in [-0.2, -0.15) is 0 Å². The molecule has 0 bridgehead atoms. The summed E-state index contributed by atoms with van der Waals surface area (Å²) in [6.45, 7) is 12.4. The summed E-state index contributed by atoms with van der Waals surface area (Å²) in [6.07, 6.45) is 1.30. The third-order valence-corrected chi connectivity index (χ3v) is 4.23. The van der Waals surface area contributed by atoms with Gasteiger partial charge >= 0.3 is 0 Å². The normalized spacial score (nSPS) is 32.3. The van der Waals surface area contributed by atoms with Crippen molar-refractivity contribution < 1.29 is 4.79 Å². The van der Waals surface area contributed by atoms with Crippen LogP contribution in [0.1, 0.15) is 27.2 Å². The lowest BCUT2D eigenvalue weighted by molar-refractivity contribution is -0.138. The first-order chi connectivity index (χ1) is 8.58. The monoisotopic (exact) mass is 253 g/mol. The number of piperazine rings is 1. The van der Waals surface area contributed by atoms with E-state index in [-0.39, 0.29) is 6.04 Å². The maximum Gasteiger partial charge on any atom is 0.239 e. The van der Waals surface area contributed by atoms with Crippen LogP contribution >= 0.6 is 0 Å². The summed E-state index contributed by atoms with van der Waals surface area (Å²) in [5.74, 6) is 1.75. The van der Waals surface area contributed by atoms with Gasteiger partial charge in [0.1, 0.15) is 0 Å². The Balaban J connectivity index is 1.92. The number of carbonyl (C=O) groups excluding carboxylic acids is 1. The highest BCUT2D eigenvalue weighted by Gasteiger charge is 2.31. The van der Waals surface area contributed by atoms with Crippen LogP contribution in [0.5, 0.6) is 0 Å². The summed E-state index contributed by atoms with van der Waals surface area (Å²) in [5.41, 5.74) is 0. The van der Waals surface area contributed by atoms with Crippen molar-refractivity contribution in [3.63, 3.8) is 0 Å². The molecule has 4 nitrogen and oxygen atoms in total. The molecule has 0 aliphatic carbocycles. The third kappa shape index (κ3) is 3.23. The lowest BCUT2D eigenvalue weighted by Gasteiger charge is -2.40. The first kappa shape index (κ1) is 13.8. The Morgan fingerprint density at radius 3 is 2.28 bits per heavy atom. The minimum atomic E-state index is 0.0494. The van der Waals surface area contributed by atoms with E-state index in [1.54, 1.807) is 0 Å². The smallest absolute Gasteiger partial charge is 0.239 e. The molecular formula is C14H27N3O. The zero-order valence-electron chi connectivity index (χ0n) is 12.0. The van der Waals surface area contributed by atoms with Crippen molar-refractivity contribution in [2.75, 3.05) is 39.3 Å². The first-order valence-electron chi connectivity index (χ1n) is 7.31. The number of hydrogen-bond acceptors (Lipinski definition) is 3. The van der Waals surface area contributed by atoms with E-state index in [1.165, 1.54) is 6.42 Å². The summed E-state index contributed by atoms with van der Waals surface area (Å²) in [7, 11) is 0. The van der Waals surface area contributed by atoms with Gasteiger partial charge < -0.3 is 10.2 Å². The molecule has 2 fully saturated rings. The van der Waals surface area contributed by atoms with E-state index < -0.39 is 0 Å². The molecule has 0 spiro atoms. The average molecular weight is 253 g/mol. The minimum Gasteiger partial charge on any atom is -0.339 e. The molecule has 2 saturated heterocycles. The number of amides is 1. The highest BCUT2D eigenvalue weighted by Crippen LogP contribution is 2.23. The topological polar surface area (TPSA) is 35.6 Å². The van der Waals surface area contributed by atoms with Crippen LogP contribution < -0.4 is 5.32 Å². The fourth-order valence-corrected chi connectivity index (χ4v) is 3.33. The Morgan fingerprint density at radius 1 is 1.17 bits per heavy atom. The molecule has 2 rings (SSSR count). The molecule has 0 aromatic heterocycles. The minimum absolute atomic E-state index is 0.0494. The van der Waals surface area contributed by atoms with Crippen LogP contribution in [0.3, 0.4) is 0 Å². The summed E-state index contributed by atoms with van der Waals surface area (Å²) < 4.78 is 0. The molecule has 4 heteroatoms. The summed E-state index contributed by atoms with van der Waals surface area (Å²) in [5, 5.41) is 3.29. The average Bonchev–Trinajstić information content (AvgIpc) is 2.37. The van der Waals surface area contributed by atoms with Gasteiger partial charge in [-0.1, -0.05) is 13.8 Å². The van der Waals surface area contributed by atoms with E-state index in [1.807, 2.05) is 4.90 Å². The van der Waals surface area contributed by atoms with Gasteiger partial charge in [0.25, 0.3) is 0 Å². The van der Waals surface area contributed by atoms with Crippen LogP contribution in [-0.2, 0) is 4.79 Å². The van der Waals surface area contributed by atoms with Crippen LogP contribution in [0, 0.1) is 11.8 Å². The maximum absolute atomic E-state index is 12.5. The van der Waals surface area contributed by atoms with Crippen molar-refractivity contribution in [1.29, 1.82) is 0 Å². The molecular weight excluding hydrogens is 226 g/mol. The Morgan fingerprint density at radius 2 is 1.72 bits per heavy atom. The zero-order chi connectivity index (χ0) is 13.1. The molecule has 0 aromatic carbocycles. The second kappa shape index (κ2) is 6.02. The van der Waals surface area contributed by atoms with Crippen LogP contribution in [0.25, 0.3) is 0 Å². The predicted octanol–water partition coefficient (Wildman–Crippen LogP) is 0.785. The third-order valence-electron chi connectivity index (χ3n) is 4.23. The Kier molecular flexibility index (Phi) is 4.62. The van der Waals surface area contributed by atoms with Crippen molar-refractivity contribution >= 4 is 5.91 Å². The number of hydrogen-bond donors (Lipinski definition) is 1. The molecule has 2 aliphatic heterocycles. The number of likely N-dealkylation sites (tertiary alicyclic amines) is 1. The first-order valence-corrected chi connectivity index (χ1v) is 7.31. The molecule has 3 unspecified atom stereocenters. The van der Waals surface area contributed by atoms with Crippen molar-refractivity contribution in [3.05, 3.63) is 0 Å². The predicted molar refractivity (Wildman–Crippen MR) is 73.4 cm³/mol. The van der Waals surface area contributed by atoms with Gasteiger partial charge in [-0.15, -0.1) is 0 Å². The molecule has 2 heterocycles. The second-order valence-corrected chi connectivity index (χ2v) is 6.15. The Hall–Kier alpha value is -0.610. The zero-order valence-corrected chi connectivity index (χ0v) is 12.0. The van der Waals surface area contributed by atoms with Gasteiger partial charge in [0.15, 0.2) is 0 Å².